The van der Waals surface area contributed by atoms with Crippen LogP contribution in [-0.4, -0.2) is 21.3 Å². The fourth-order valence-electron chi connectivity index (χ4n) is 1.91. The molecule has 0 aliphatic heterocycles. The van der Waals surface area contributed by atoms with Gasteiger partial charge in [0.2, 0.25) is 0 Å². The van der Waals surface area contributed by atoms with Crippen LogP contribution in [0.2, 0.25) is 0 Å². The lowest BCUT2D eigenvalue weighted by molar-refractivity contribution is 1.15. The van der Waals surface area contributed by atoms with Gasteiger partial charge in [-0.1, -0.05) is 18.2 Å². The highest BCUT2D eigenvalue weighted by atomic mass is 15.0. The minimum absolute atomic E-state index is 0.768. The van der Waals surface area contributed by atoms with Crippen molar-refractivity contribution in [3.05, 3.63) is 60.7 Å². The Morgan fingerprint density at radius 1 is 1.14 bits per heavy atom. The SMILES string of the molecule is Cc1nc(-c2ccc(/N=C/Nc3ccccn3)cc2)c[nH]1. The van der Waals surface area contributed by atoms with E-state index in [4.69, 9.17) is 0 Å². The number of imidazole rings is 1. The monoisotopic (exact) mass is 277 g/mol. The molecular weight excluding hydrogens is 262 g/mol. The van der Waals surface area contributed by atoms with Crippen LogP contribution in [0.25, 0.3) is 11.3 Å². The van der Waals surface area contributed by atoms with Crippen molar-refractivity contribution in [2.24, 2.45) is 4.99 Å². The lowest BCUT2D eigenvalue weighted by atomic mass is 10.1. The summed E-state index contributed by atoms with van der Waals surface area (Å²) in [5.74, 6) is 1.68. The Hall–Kier alpha value is -2.95. The van der Waals surface area contributed by atoms with Crippen LogP contribution in [0, 0.1) is 6.92 Å². The topological polar surface area (TPSA) is 66.0 Å². The van der Waals surface area contributed by atoms with Gasteiger partial charge in [0.1, 0.15) is 11.6 Å². The molecule has 2 heterocycles. The van der Waals surface area contributed by atoms with Crippen LogP contribution in [0.1, 0.15) is 5.82 Å². The lowest BCUT2D eigenvalue weighted by Gasteiger charge is -1.99. The van der Waals surface area contributed by atoms with Gasteiger partial charge in [0, 0.05) is 18.0 Å². The largest absolute Gasteiger partial charge is 0.348 e. The minimum atomic E-state index is 0.768. The van der Waals surface area contributed by atoms with Gasteiger partial charge in [-0.15, -0.1) is 0 Å². The normalized spacial score (nSPS) is 10.9. The van der Waals surface area contributed by atoms with Crippen molar-refractivity contribution in [2.75, 3.05) is 5.32 Å². The van der Waals surface area contributed by atoms with Crippen molar-refractivity contribution in [1.82, 2.24) is 15.0 Å². The van der Waals surface area contributed by atoms with Crippen LogP contribution < -0.4 is 5.32 Å². The molecule has 0 spiro atoms. The first-order valence-electron chi connectivity index (χ1n) is 6.64. The molecule has 0 bridgehead atoms. The summed E-state index contributed by atoms with van der Waals surface area (Å²) >= 11 is 0. The number of aromatic amines is 1. The number of aliphatic imine (C=N–C) groups is 1. The summed E-state index contributed by atoms with van der Waals surface area (Å²) in [6.07, 6.45) is 5.27. The molecule has 104 valence electrons. The molecule has 5 heteroatoms. The molecule has 3 rings (SSSR count). The van der Waals surface area contributed by atoms with Gasteiger partial charge in [-0.2, -0.15) is 0 Å². The van der Waals surface area contributed by atoms with Gasteiger partial charge < -0.3 is 10.3 Å². The van der Waals surface area contributed by atoms with Crippen LogP contribution in [0.5, 0.6) is 0 Å². The highest BCUT2D eigenvalue weighted by molar-refractivity contribution is 5.76. The quantitative estimate of drug-likeness (QED) is 0.566. The number of H-pyrrole nitrogens is 1. The smallest absolute Gasteiger partial charge is 0.130 e. The third-order valence-electron chi connectivity index (χ3n) is 2.96. The number of hydrogen-bond donors (Lipinski definition) is 2. The summed E-state index contributed by atoms with van der Waals surface area (Å²) in [5, 5.41) is 3.02. The summed E-state index contributed by atoms with van der Waals surface area (Å²) in [5.41, 5.74) is 2.88. The van der Waals surface area contributed by atoms with Crippen molar-refractivity contribution in [3.63, 3.8) is 0 Å². The Morgan fingerprint density at radius 2 is 2.00 bits per heavy atom. The molecule has 0 amide bonds. The number of anilines is 1. The molecule has 2 aromatic heterocycles. The van der Waals surface area contributed by atoms with Crippen LogP contribution in [0.15, 0.2) is 59.9 Å². The molecule has 5 nitrogen and oxygen atoms in total. The Morgan fingerprint density at radius 3 is 2.67 bits per heavy atom. The van der Waals surface area contributed by atoms with Gasteiger partial charge in [-0.05, 0) is 31.2 Å². The molecule has 2 N–H and O–H groups in total. The fraction of sp³-hybridized carbons (Fsp3) is 0.0625. The van der Waals surface area contributed by atoms with Gasteiger partial charge in [0.15, 0.2) is 0 Å². The lowest BCUT2D eigenvalue weighted by Crippen LogP contribution is -1.95. The Bertz CT molecular complexity index is 729. The molecule has 3 aromatic rings. The third-order valence-corrected chi connectivity index (χ3v) is 2.96. The number of nitrogens with zero attached hydrogens (tertiary/aromatic N) is 3. The minimum Gasteiger partial charge on any atom is -0.348 e. The summed E-state index contributed by atoms with van der Waals surface area (Å²) in [6.45, 7) is 1.94. The highest BCUT2D eigenvalue weighted by Crippen LogP contribution is 2.20. The number of nitrogens with one attached hydrogen (secondary N) is 2. The van der Waals surface area contributed by atoms with Gasteiger partial charge >= 0.3 is 0 Å². The first kappa shape index (κ1) is 13.1. The van der Waals surface area contributed by atoms with E-state index in [2.05, 4.69) is 25.3 Å². The van der Waals surface area contributed by atoms with E-state index < -0.39 is 0 Å². The van der Waals surface area contributed by atoms with Crippen LogP contribution >= 0.6 is 0 Å². The van der Waals surface area contributed by atoms with Crippen molar-refractivity contribution >= 4 is 17.8 Å². The third kappa shape index (κ3) is 3.33. The zero-order chi connectivity index (χ0) is 14.5. The van der Waals surface area contributed by atoms with Crippen molar-refractivity contribution in [2.45, 2.75) is 6.92 Å². The summed E-state index contributed by atoms with van der Waals surface area (Å²) in [7, 11) is 0. The highest BCUT2D eigenvalue weighted by Gasteiger charge is 2.00. The predicted molar refractivity (Wildman–Crippen MR) is 84.8 cm³/mol. The van der Waals surface area contributed by atoms with E-state index in [0.29, 0.717) is 0 Å². The zero-order valence-electron chi connectivity index (χ0n) is 11.6. The molecular formula is C16H15N5. The van der Waals surface area contributed by atoms with Gasteiger partial charge in [0.25, 0.3) is 0 Å². The number of pyridine rings is 1. The molecule has 0 aliphatic rings. The molecule has 0 saturated heterocycles. The standard InChI is InChI=1S/C16H15N5/c1-12-18-10-15(21-12)13-5-7-14(8-6-13)19-11-20-16-4-2-3-9-17-16/h2-11H,1H3,(H,18,21)(H,17,19,20). The van der Waals surface area contributed by atoms with Crippen molar-refractivity contribution in [1.29, 1.82) is 0 Å². The maximum absolute atomic E-state index is 4.40. The van der Waals surface area contributed by atoms with Crippen LogP contribution in [-0.2, 0) is 0 Å². The Labute approximate surface area is 122 Å². The second-order valence-electron chi connectivity index (χ2n) is 4.54. The summed E-state index contributed by atoms with van der Waals surface area (Å²) in [4.78, 5) is 16.0. The van der Waals surface area contributed by atoms with E-state index in [1.165, 1.54) is 0 Å². The maximum Gasteiger partial charge on any atom is 0.130 e. The molecule has 0 atom stereocenters. The molecule has 0 saturated carbocycles. The number of aryl methyl sites for hydroxylation is 1. The van der Waals surface area contributed by atoms with E-state index in [9.17, 15) is 0 Å². The molecule has 1 aromatic carbocycles. The second kappa shape index (κ2) is 6.00. The molecule has 0 unspecified atom stereocenters. The Kier molecular flexibility index (Phi) is 3.73. The average molecular weight is 277 g/mol. The predicted octanol–water partition coefficient (Wildman–Crippen LogP) is 3.55. The van der Waals surface area contributed by atoms with Gasteiger partial charge in [-0.3, -0.25) is 0 Å². The fourth-order valence-corrected chi connectivity index (χ4v) is 1.91. The first-order chi connectivity index (χ1) is 10.3. The summed E-state index contributed by atoms with van der Waals surface area (Å²) in [6, 6.07) is 13.6. The number of benzene rings is 1. The van der Waals surface area contributed by atoms with Crippen molar-refractivity contribution in [3.8, 4) is 11.3 Å². The number of hydrogen-bond acceptors (Lipinski definition) is 3. The van der Waals surface area contributed by atoms with E-state index in [1.54, 1.807) is 12.5 Å². The van der Waals surface area contributed by atoms with Crippen molar-refractivity contribution < 1.29 is 0 Å². The molecule has 21 heavy (non-hydrogen) atoms. The second-order valence-corrected chi connectivity index (χ2v) is 4.54. The van der Waals surface area contributed by atoms with E-state index in [-0.39, 0.29) is 0 Å². The number of aromatic nitrogens is 3. The summed E-state index contributed by atoms with van der Waals surface area (Å²) < 4.78 is 0. The number of rotatable bonds is 4. The maximum atomic E-state index is 4.40. The molecule has 0 fully saturated rings. The Balaban J connectivity index is 1.67. The van der Waals surface area contributed by atoms with E-state index >= 15 is 0 Å². The van der Waals surface area contributed by atoms with Gasteiger partial charge in [-0.25, -0.2) is 15.0 Å². The van der Waals surface area contributed by atoms with Crippen LogP contribution in [0.3, 0.4) is 0 Å². The molecule has 0 aliphatic carbocycles. The van der Waals surface area contributed by atoms with E-state index in [1.807, 2.05) is 55.6 Å². The van der Waals surface area contributed by atoms with Crippen LogP contribution in [0.4, 0.5) is 11.5 Å². The first-order valence-corrected chi connectivity index (χ1v) is 6.64. The van der Waals surface area contributed by atoms with E-state index in [0.717, 1.165) is 28.6 Å². The van der Waals surface area contributed by atoms with Gasteiger partial charge in [0.05, 0.1) is 17.7 Å². The zero-order valence-corrected chi connectivity index (χ0v) is 11.6. The average Bonchev–Trinajstić information content (AvgIpc) is 2.96. The molecule has 0 radical (unpaired) electrons.